The fraction of sp³-hybridized carbons (Fsp3) is 0.857. The second-order valence-electron chi connectivity index (χ2n) is 2.91. The first-order valence-corrected chi connectivity index (χ1v) is 4.24. The summed E-state index contributed by atoms with van der Waals surface area (Å²) in [6.07, 6.45) is 0. The highest BCUT2D eigenvalue weighted by atomic mass is 16.5. The molecule has 76 valence electrons. The number of nitrogens with one attached hydrogen (secondary N) is 1. The lowest BCUT2D eigenvalue weighted by Gasteiger charge is -2.27. The van der Waals surface area contributed by atoms with Crippen LogP contribution < -0.4 is 11.2 Å². The largest absolute Gasteiger partial charge is 0.480 e. The van der Waals surface area contributed by atoms with Crippen LogP contribution in [0.3, 0.4) is 0 Å². The van der Waals surface area contributed by atoms with Crippen LogP contribution in [0.15, 0.2) is 0 Å². The van der Waals surface area contributed by atoms with Crippen LogP contribution in [0.2, 0.25) is 0 Å². The number of morpholine rings is 1. The van der Waals surface area contributed by atoms with E-state index in [1.54, 1.807) is 0 Å². The molecular weight excluding hydrogens is 174 g/mol. The van der Waals surface area contributed by atoms with Crippen molar-refractivity contribution in [2.45, 2.75) is 6.04 Å². The van der Waals surface area contributed by atoms with Crippen LogP contribution in [0.5, 0.6) is 0 Å². The Labute approximate surface area is 76.6 Å². The van der Waals surface area contributed by atoms with E-state index in [2.05, 4.69) is 5.43 Å². The minimum Gasteiger partial charge on any atom is -0.480 e. The van der Waals surface area contributed by atoms with Crippen molar-refractivity contribution in [2.24, 2.45) is 5.73 Å². The summed E-state index contributed by atoms with van der Waals surface area (Å²) >= 11 is 0. The molecule has 0 bridgehead atoms. The molecule has 0 aliphatic carbocycles. The summed E-state index contributed by atoms with van der Waals surface area (Å²) in [7, 11) is 0. The van der Waals surface area contributed by atoms with Gasteiger partial charge in [0.2, 0.25) is 0 Å². The lowest BCUT2D eigenvalue weighted by molar-refractivity contribution is -0.138. The van der Waals surface area contributed by atoms with Crippen molar-refractivity contribution in [2.75, 3.05) is 32.8 Å². The minimum absolute atomic E-state index is 0.259. The number of nitrogens with two attached hydrogens (primary N) is 1. The fourth-order valence-corrected chi connectivity index (χ4v) is 1.04. The maximum atomic E-state index is 10.4. The van der Waals surface area contributed by atoms with E-state index in [1.165, 1.54) is 0 Å². The van der Waals surface area contributed by atoms with Gasteiger partial charge in [-0.25, -0.2) is 5.01 Å². The van der Waals surface area contributed by atoms with E-state index in [-0.39, 0.29) is 6.54 Å². The van der Waals surface area contributed by atoms with E-state index in [1.807, 2.05) is 5.01 Å². The fourth-order valence-electron chi connectivity index (χ4n) is 1.04. The van der Waals surface area contributed by atoms with Crippen LogP contribution in [-0.4, -0.2) is 55.0 Å². The zero-order chi connectivity index (χ0) is 9.68. The summed E-state index contributed by atoms with van der Waals surface area (Å²) in [6.45, 7) is 3.15. The Morgan fingerprint density at radius 3 is 2.77 bits per heavy atom. The van der Waals surface area contributed by atoms with Crippen molar-refractivity contribution in [3.63, 3.8) is 0 Å². The summed E-state index contributed by atoms with van der Waals surface area (Å²) in [6, 6.07) is -0.845. The quantitative estimate of drug-likeness (QED) is 0.485. The first-order valence-electron chi connectivity index (χ1n) is 4.24. The summed E-state index contributed by atoms with van der Waals surface area (Å²) in [5.74, 6) is -0.985. The molecule has 4 N–H and O–H groups in total. The molecule has 6 heteroatoms. The number of nitrogens with zero attached hydrogens (tertiary/aromatic N) is 1. The van der Waals surface area contributed by atoms with E-state index in [4.69, 9.17) is 15.6 Å². The molecular formula is C7H15N3O3. The molecule has 1 saturated heterocycles. The smallest absolute Gasteiger partial charge is 0.321 e. The Morgan fingerprint density at radius 2 is 2.23 bits per heavy atom. The highest BCUT2D eigenvalue weighted by Crippen LogP contribution is 1.91. The topological polar surface area (TPSA) is 87.8 Å². The van der Waals surface area contributed by atoms with Gasteiger partial charge in [-0.1, -0.05) is 0 Å². The molecule has 0 amide bonds. The Kier molecular flexibility index (Phi) is 4.10. The average Bonchev–Trinajstić information content (AvgIpc) is 2.15. The van der Waals surface area contributed by atoms with Gasteiger partial charge < -0.3 is 15.6 Å². The van der Waals surface area contributed by atoms with Crippen molar-refractivity contribution >= 4 is 5.97 Å². The molecule has 1 rings (SSSR count). The van der Waals surface area contributed by atoms with E-state index in [0.717, 1.165) is 13.1 Å². The van der Waals surface area contributed by atoms with Crippen LogP contribution in [0.1, 0.15) is 0 Å². The first kappa shape index (κ1) is 10.4. The highest BCUT2D eigenvalue weighted by Gasteiger charge is 2.14. The predicted octanol–water partition coefficient (Wildman–Crippen LogP) is -1.76. The van der Waals surface area contributed by atoms with Gasteiger partial charge in [0, 0.05) is 19.6 Å². The maximum Gasteiger partial charge on any atom is 0.321 e. The SMILES string of the molecule is NC(CNN1CCOCC1)C(=O)O. The third-order valence-electron chi connectivity index (χ3n) is 1.86. The molecule has 0 radical (unpaired) electrons. The van der Waals surface area contributed by atoms with Crippen LogP contribution in [0.25, 0.3) is 0 Å². The zero-order valence-corrected chi connectivity index (χ0v) is 7.40. The van der Waals surface area contributed by atoms with Crippen molar-refractivity contribution < 1.29 is 14.6 Å². The number of aliphatic carboxylic acids is 1. The van der Waals surface area contributed by atoms with Gasteiger partial charge >= 0.3 is 5.97 Å². The summed E-state index contributed by atoms with van der Waals surface area (Å²) in [5.41, 5.74) is 8.26. The first-order chi connectivity index (χ1) is 6.20. The number of carboxylic acid groups (broad SMARTS) is 1. The standard InChI is InChI=1S/C7H15N3O3/c8-6(7(11)12)5-9-10-1-3-13-4-2-10/h6,9H,1-5,8H2,(H,11,12). The molecule has 1 heterocycles. The Hall–Kier alpha value is -0.690. The number of rotatable bonds is 4. The highest BCUT2D eigenvalue weighted by molar-refractivity contribution is 5.73. The van der Waals surface area contributed by atoms with Gasteiger partial charge in [-0.2, -0.15) is 0 Å². The van der Waals surface area contributed by atoms with E-state index >= 15 is 0 Å². The molecule has 0 spiro atoms. The van der Waals surface area contributed by atoms with Crippen molar-refractivity contribution in [1.82, 2.24) is 10.4 Å². The summed E-state index contributed by atoms with van der Waals surface area (Å²) in [4.78, 5) is 10.4. The van der Waals surface area contributed by atoms with E-state index in [9.17, 15) is 4.79 Å². The number of carboxylic acids is 1. The number of ether oxygens (including phenoxy) is 1. The number of hydrogen-bond donors (Lipinski definition) is 3. The third kappa shape index (κ3) is 3.69. The lowest BCUT2D eigenvalue weighted by Crippen LogP contribution is -2.51. The van der Waals surface area contributed by atoms with Crippen molar-refractivity contribution in [1.29, 1.82) is 0 Å². The van der Waals surface area contributed by atoms with Crippen LogP contribution >= 0.6 is 0 Å². The van der Waals surface area contributed by atoms with Crippen LogP contribution in [-0.2, 0) is 9.53 Å². The van der Waals surface area contributed by atoms with E-state index in [0.29, 0.717) is 13.2 Å². The third-order valence-corrected chi connectivity index (χ3v) is 1.86. The van der Waals surface area contributed by atoms with Gasteiger partial charge in [0.15, 0.2) is 0 Å². The van der Waals surface area contributed by atoms with Crippen LogP contribution in [0.4, 0.5) is 0 Å². The van der Waals surface area contributed by atoms with E-state index < -0.39 is 12.0 Å². The number of hydrazine groups is 1. The molecule has 1 aliphatic rings. The van der Waals surface area contributed by atoms with Crippen LogP contribution in [0, 0.1) is 0 Å². The molecule has 13 heavy (non-hydrogen) atoms. The van der Waals surface area contributed by atoms with Gasteiger partial charge in [0.25, 0.3) is 0 Å². The number of hydrogen-bond acceptors (Lipinski definition) is 5. The molecule has 1 aliphatic heterocycles. The average molecular weight is 189 g/mol. The molecule has 0 aromatic carbocycles. The maximum absolute atomic E-state index is 10.4. The molecule has 0 aromatic rings. The number of carbonyl (C=O) groups is 1. The summed E-state index contributed by atoms with van der Waals surface area (Å²) in [5, 5.41) is 10.4. The lowest BCUT2D eigenvalue weighted by atomic mass is 10.3. The Morgan fingerprint density at radius 1 is 1.62 bits per heavy atom. The molecule has 0 saturated carbocycles. The molecule has 1 atom stereocenters. The monoisotopic (exact) mass is 189 g/mol. The van der Waals surface area contributed by atoms with Gasteiger partial charge in [-0.15, -0.1) is 0 Å². The normalized spacial score (nSPS) is 21.3. The second-order valence-corrected chi connectivity index (χ2v) is 2.91. The molecule has 1 fully saturated rings. The van der Waals surface area contributed by atoms with Crippen molar-refractivity contribution in [3.8, 4) is 0 Å². The second kappa shape index (κ2) is 5.13. The predicted molar refractivity (Wildman–Crippen MR) is 46.0 cm³/mol. The van der Waals surface area contributed by atoms with Gasteiger partial charge in [0.1, 0.15) is 6.04 Å². The van der Waals surface area contributed by atoms with Gasteiger partial charge in [-0.3, -0.25) is 10.2 Å². The summed E-state index contributed by atoms with van der Waals surface area (Å²) < 4.78 is 5.12. The minimum atomic E-state index is -0.985. The Bertz CT molecular complexity index is 170. The zero-order valence-electron chi connectivity index (χ0n) is 7.40. The molecule has 6 nitrogen and oxygen atoms in total. The van der Waals surface area contributed by atoms with Gasteiger partial charge in [-0.05, 0) is 0 Å². The Balaban J connectivity index is 2.13. The van der Waals surface area contributed by atoms with Gasteiger partial charge in [0.05, 0.1) is 13.2 Å². The van der Waals surface area contributed by atoms with Crippen molar-refractivity contribution in [3.05, 3.63) is 0 Å². The molecule has 1 unspecified atom stereocenters. The molecule has 0 aromatic heterocycles.